The van der Waals surface area contributed by atoms with Crippen LogP contribution in [0.3, 0.4) is 0 Å². The van der Waals surface area contributed by atoms with E-state index in [9.17, 15) is 0 Å². The molecule has 2 aromatic heterocycles. The van der Waals surface area contributed by atoms with Gasteiger partial charge < -0.3 is 4.74 Å². The molecule has 2 heterocycles. The number of thiazole rings is 1. The lowest BCUT2D eigenvalue weighted by Crippen LogP contribution is -2.08. The number of nitrogens with one attached hydrogen (secondary N) is 1. The first-order chi connectivity index (χ1) is 11.8. The number of ether oxygens (including phenoxy) is 1. The second-order valence-corrected chi connectivity index (χ2v) is 6.46. The smallest absolute Gasteiger partial charge is 0.208 e. The zero-order valence-electron chi connectivity index (χ0n) is 13.1. The van der Waals surface area contributed by atoms with Gasteiger partial charge in [0.05, 0.1) is 18.4 Å². The molecular formula is C17H15N5OS. The van der Waals surface area contributed by atoms with Crippen LogP contribution in [0.4, 0.5) is 0 Å². The van der Waals surface area contributed by atoms with Crippen LogP contribution < -0.4 is 4.74 Å². The Morgan fingerprint density at radius 2 is 2.21 bits per heavy atom. The van der Waals surface area contributed by atoms with E-state index in [1.807, 2.05) is 18.2 Å². The van der Waals surface area contributed by atoms with Crippen molar-refractivity contribution < 1.29 is 4.74 Å². The lowest BCUT2D eigenvalue weighted by molar-refractivity contribution is 0.412. The highest BCUT2D eigenvalue weighted by Crippen LogP contribution is 2.36. The molecule has 1 fully saturated rings. The zero-order chi connectivity index (χ0) is 16.4. The van der Waals surface area contributed by atoms with Crippen LogP contribution in [0, 0.1) is 11.8 Å². The fraction of sp³-hybridized carbons (Fsp3) is 0.294. The highest BCUT2D eigenvalue weighted by atomic mass is 32.1. The van der Waals surface area contributed by atoms with Crippen molar-refractivity contribution in [2.24, 2.45) is 0 Å². The molecule has 4 rings (SSSR count). The monoisotopic (exact) mass is 337 g/mol. The van der Waals surface area contributed by atoms with Gasteiger partial charge in [-0.05, 0) is 42.2 Å². The Balaban J connectivity index is 1.61. The molecule has 0 saturated heterocycles. The predicted octanol–water partition coefficient (Wildman–Crippen LogP) is 3.00. The molecule has 6 nitrogen and oxygen atoms in total. The average Bonchev–Trinajstić information content (AvgIpc) is 3.23. The summed E-state index contributed by atoms with van der Waals surface area (Å²) in [5.74, 6) is 8.11. The summed E-state index contributed by atoms with van der Waals surface area (Å²) in [6.07, 6.45) is 3.82. The second-order valence-electron chi connectivity index (χ2n) is 5.61. The van der Waals surface area contributed by atoms with Gasteiger partial charge in [-0.25, -0.2) is 4.98 Å². The molecule has 0 spiro atoms. The van der Waals surface area contributed by atoms with Gasteiger partial charge in [-0.15, -0.1) is 21.5 Å². The van der Waals surface area contributed by atoms with Gasteiger partial charge in [-0.1, -0.05) is 12.3 Å². The van der Waals surface area contributed by atoms with Crippen molar-refractivity contribution in [2.75, 3.05) is 7.11 Å². The van der Waals surface area contributed by atoms with E-state index in [0.29, 0.717) is 17.5 Å². The standard InChI is InChI=1S/C17H15N5OS/c1-23-15-7-5-11(9-13(15)17-19-21-22-20-17)6-8-16-18-14(10-24-16)12-3-2-4-12/h5,7,9-10,12H,2-4H2,1H3,(H,19,20,21,22). The first-order valence-electron chi connectivity index (χ1n) is 7.73. The lowest BCUT2D eigenvalue weighted by Gasteiger charge is -2.22. The Morgan fingerprint density at radius 3 is 2.92 bits per heavy atom. The number of methoxy groups -OCH3 is 1. The van der Waals surface area contributed by atoms with Gasteiger partial charge in [0.15, 0.2) is 5.01 Å². The minimum atomic E-state index is 0.483. The van der Waals surface area contributed by atoms with E-state index < -0.39 is 0 Å². The first-order valence-corrected chi connectivity index (χ1v) is 8.61. The van der Waals surface area contributed by atoms with Crippen LogP contribution in [0.5, 0.6) is 5.75 Å². The van der Waals surface area contributed by atoms with Crippen molar-refractivity contribution in [1.82, 2.24) is 25.6 Å². The van der Waals surface area contributed by atoms with Crippen molar-refractivity contribution in [3.63, 3.8) is 0 Å². The zero-order valence-corrected chi connectivity index (χ0v) is 13.9. The van der Waals surface area contributed by atoms with Crippen molar-refractivity contribution in [3.8, 4) is 29.0 Å². The molecule has 1 aliphatic carbocycles. The number of benzene rings is 1. The number of aromatic amines is 1. The average molecular weight is 337 g/mol. The number of hydrogen-bond acceptors (Lipinski definition) is 6. The summed E-state index contributed by atoms with van der Waals surface area (Å²) < 4.78 is 5.36. The Morgan fingerprint density at radius 1 is 1.29 bits per heavy atom. The van der Waals surface area contributed by atoms with Crippen molar-refractivity contribution in [1.29, 1.82) is 0 Å². The van der Waals surface area contributed by atoms with Crippen LogP contribution in [-0.2, 0) is 0 Å². The second kappa shape index (κ2) is 6.42. The third kappa shape index (κ3) is 2.88. The van der Waals surface area contributed by atoms with Gasteiger partial charge in [-0.2, -0.15) is 5.21 Å². The highest BCUT2D eigenvalue weighted by Gasteiger charge is 2.21. The van der Waals surface area contributed by atoms with E-state index >= 15 is 0 Å². The number of hydrogen-bond donors (Lipinski definition) is 1. The topological polar surface area (TPSA) is 76.6 Å². The molecule has 120 valence electrons. The van der Waals surface area contributed by atoms with Crippen LogP contribution >= 0.6 is 11.3 Å². The third-order valence-electron chi connectivity index (χ3n) is 4.14. The van der Waals surface area contributed by atoms with Gasteiger partial charge in [0.1, 0.15) is 5.75 Å². The van der Waals surface area contributed by atoms with Gasteiger partial charge in [0.25, 0.3) is 0 Å². The molecular weight excluding hydrogens is 322 g/mol. The number of aromatic nitrogens is 5. The number of tetrazole rings is 1. The molecule has 0 unspecified atom stereocenters. The maximum absolute atomic E-state index is 5.36. The van der Waals surface area contributed by atoms with Crippen LogP contribution in [0.25, 0.3) is 11.4 Å². The van der Waals surface area contributed by atoms with E-state index in [-0.39, 0.29) is 0 Å². The molecule has 1 saturated carbocycles. The summed E-state index contributed by atoms with van der Waals surface area (Å²) in [6, 6.07) is 5.67. The summed E-state index contributed by atoms with van der Waals surface area (Å²) >= 11 is 1.61. The summed E-state index contributed by atoms with van der Waals surface area (Å²) in [5, 5.41) is 17.0. The predicted molar refractivity (Wildman–Crippen MR) is 90.9 cm³/mol. The highest BCUT2D eigenvalue weighted by molar-refractivity contribution is 7.10. The lowest BCUT2D eigenvalue weighted by atomic mass is 9.83. The number of H-pyrrole nitrogens is 1. The van der Waals surface area contributed by atoms with Crippen molar-refractivity contribution in [2.45, 2.75) is 25.2 Å². The van der Waals surface area contributed by atoms with Gasteiger partial charge in [-0.3, -0.25) is 0 Å². The fourth-order valence-electron chi connectivity index (χ4n) is 2.60. The summed E-state index contributed by atoms with van der Waals surface area (Å²) in [4.78, 5) is 4.63. The van der Waals surface area contributed by atoms with Crippen LogP contribution in [0.1, 0.15) is 41.4 Å². The maximum atomic E-state index is 5.36. The van der Waals surface area contributed by atoms with Gasteiger partial charge >= 0.3 is 0 Å². The largest absolute Gasteiger partial charge is 0.496 e. The molecule has 0 aliphatic heterocycles. The number of nitrogens with zero attached hydrogens (tertiary/aromatic N) is 4. The summed E-state index contributed by atoms with van der Waals surface area (Å²) in [7, 11) is 1.61. The number of rotatable bonds is 3. The molecule has 24 heavy (non-hydrogen) atoms. The van der Waals surface area contributed by atoms with E-state index in [4.69, 9.17) is 4.74 Å². The molecule has 0 amide bonds. The minimum Gasteiger partial charge on any atom is -0.496 e. The quantitative estimate of drug-likeness (QED) is 0.744. The van der Waals surface area contributed by atoms with E-state index in [2.05, 4.69) is 42.8 Å². The third-order valence-corrected chi connectivity index (χ3v) is 4.92. The van der Waals surface area contributed by atoms with E-state index in [1.165, 1.54) is 25.0 Å². The molecule has 1 aliphatic rings. The Bertz CT molecular complexity index is 903. The Labute approximate surface area is 143 Å². The van der Waals surface area contributed by atoms with Crippen molar-refractivity contribution in [3.05, 3.63) is 39.8 Å². The molecule has 0 atom stereocenters. The van der Waals surface area contributed by atoms with Crippen LogP contribution in [0.2, 0.25) is 0 Å². The van der Waals surface area contributed by atoms with Gasteiger partial charge in [0, 0.05) is 16.9 Å². The van der Waals surface area contributed by atoms with E-state index in [1.54, 1.807) is 18.4 Å². The van der Waals surface area contributed by atoms with Crippen molar-refractivity contribution >= 4 is 11.3 Å². The van der Waals surface area contributed by atoms with Gasteiger partial charge in [0.2, 0.25) is 5.82 Å². The Kier molecular flexibility index (Phi) is 3.97. The molecule has 3 aromatic rings. The molecule has 0 bridgehead atoms. The van der Waals surface area contributed by atoms with Crippen LogP contribution in [0.15, 0.2) is 23.6 Å². The maximum Gasteiger partial charge on any atom is 0.208 e. The molecule has 1 aromatic carbocycles. The molecule has 0 radical (unpaired) electrons. The summed E-state index contributed by atoms with van der Waals surface area (Å²) in [5.41, 5.74) is 2.81. The fourth-order valence-corrected chi connectivity index (χ4v) is 3.34. The van der Waals surface area contributed by atoms with Crippen LogP contribution in [-0.4, -0.2) is 32.7 Å². The summed E-state index contributed by atoms with van der Waals surface area (Å²) in [6.45, 7) is 0. The molecule has 1 N–H and O–H groups in total. The molecule has 7 heteroatoms. The minimum absolute atomic E-state index is 0.483. The normalized spacial score (nSPS) is 13.9. The van der Waals surface area contributed by atoms with E-state index in [0.717, 1.165) is 16.1 Å². The first kappa shape index (κ1) is 14.8. The SMILES string of the molecule is COc1ccc(C#Cc2nc(C3CCC3)cs2)cc1-c1nn[nH]n1. The Hall–Kier alpha value is -2.72.